The third kappa shape index (κ3) is 2.47. The molecule has 2 aromatic heterocycles. The van der Waals surface area contributed by atoms with Crippen molar-refractivity contribution in [2.75, 3.05) is 7.11 Å². The van der Waals surface area contributed by atoms with Gasteiger partial charge in [0.05, 0.1) is 7.11 Å². The molecule has 20 heavy (non-hydrogen) atoms. The highest BCUT2D eigenvalue weighted by molar-refractivity contribution is 5.51. The maximum absolute atomic E-state index is 5.17. The Kier molecular flexibility index (Phi) is 3.33. The molecule has 0 aliphatic heterocycles. The molecule has 5 heteroatoms. The van der Waals surface area contributed by atoms with E-state index < -0.39 is 0 Å². The number of aromatic nitrogens is 4. The number of rotatable bonds is 4. The van der Waals surface area contributed by atoms with Gasteiger partial charge in [0.2, 0.25) is 0 Å². The van der Waals surface area contributed by atoms with Crippen molar-refractivity contribution in [3.63, 3.8) is 0 Å². The lowest BCUT2D eigenvalue weighted by Crippen LogP contribution is -2.10. The molecular formula is C15H14N4O. The molecule has 0 saturated carbocycles. The standard InChI is InChI=1S/C15H14N4O/c1-20-14-5-3-13(4-6-14)11-15(18-10-8-16-12-18)19-9-2-7-17-19/h2-12H,1H3/b15-11+. The number of imidazole rings is 1. The Balaban J connectivity index is 2.02. The Morgan fingerprint density at radius 3 is 2.60 bits per heavy atom. The van der Waals surface area contributed by atoms with Crippen LogP contribution in [0.3, 0.4) is 0 Å². The number of hydrogen-bond acceptors (Lipinski definition) is 3. The molecule has 2 heterocycles. The van der Waals surface area contributed by atoms with Gasteiger partial charge in [-0.3, -0.25) is 4.57 Å². The van der Waals surface area contributed by atoms with Crippen LogP contribution in [-0.4, -0.2) is 26.4 Å². The van der Waals surface area contributed by atoms with Crippen LogP contribution in [0.4, 0.5) is 0 Å². The maximum Gasteiger partial charge on any atom is 0.139 e. The quantitative estimate of drug-likeness (QED) is 0.728. The van der Waals surface area contributed by atoms with Crippen molar-refractivity contribution in [3.05, 3.63) is 72.8 Å². The molecule has 0 spiro atoms. The van der Waals surface area contributed by atoms with E-state index in [1.54, 1.807) is 30.5 Å². The zero-order chi connectivity index (χ0) is 13.8. The van der Waals surface area contributed by atoms with E-state index in [-0.39, 0.29) is 0 Å². The average molecular weight is 266 g/mol. The number of benzene rings is 1. The molecule has 0 bridgehead atoms. The van der Waals surface area contributed by atoms with Crippen molar-refractivity contribution in [3.8, 4) is 5.75 Å². The molecule has 3 aromatic rings. The zero-order valence-corrected chi connectivity index (χ0v) is 11.0. The predicted octanol–water partition coefficient (Wildman–Crippen LogP) is 2.41. The largest absolute Gasteiger partial charge is 0.497 e. The van der Waals surface area contributed by atoms with Gasteiger partial charge in [0.15, 0.2) is 0 Å². The fraction of sp³-hybridized carbons (Fsp3) is 0.0667. The first-order valence-corrected chi connectivity index (χ1v) is 6.21. The van der Waals surface area contributed by atoms with Gasteiger partial charge in [0.1, 0.15) is 17.9 Å². The van der Waals surface area contributed by atoms with Crippen molar-refractivity contribution >= 4 is 6.08 Å². The van der Waals surface area contributed by atoms with E-state index in [9.17, 15) is 0 Å². The Labute approximate surface area is 116 Å². The van der Waals surface area contributed by atoms with Crippen molar-refractivity contribution in [1.29, 1.82) is 0 Å². The second-order valence-electron chi connectivity index (χ2n) is 4.20. The molecule has 0 unspecified atom stereocenters. The van der Waals surface area contributed by atoms with Crippen LogP contribution >= 0.6 is 0 Å². The van der Waals surface area contributed by atoms with Gasteiger partial charge in [-0.25, -0.2) is 9.67 Å². The SMILES string of the molecule is COc1ccc(/C=C(\n2ccnc2)n2cccn2)cc1. The van der Waals surface area contributed by atoms with Crippen LogP contribution in [-0.2, 0) is 0 Å². The highest BCUT2D eigenvalue weighted by Crippen LogP contribution is 2.14. The highest BCUT2D eigenvalue weighted by atomic mass is 16.5. The lowest BCUT2D eigenvalue weighted by atomic mass is 10.2. The Morgan fingerprint density at radius 2 is 2.00 bits per heavy atom. The van der Waals surface area contributed by atoms with Crippen LogP contribution in [0, 0.1) is 5.82 Å². The molecule has 0 amide bonds. The number of methoxy groups -OCH3 is 1. The van der Waals surface area contributed by atoms with Gasteiger partial charge in [-0.2, -0.15) is 5.10 Å². The predicted molar refractivity (Wildman–Crippen MR) is 76.0 cm³/mol. The van der Waals surface area contributed by atoms with Gasteiger partial charge >= 0.3 is 0 Å². The van der Waals surface area contributed by atoms with Crippen LogP contribution < -0.4 is 4.74 Å². The summed E-state index contributed by atoms with van der Waals surface area (Å²) in [6.07, 6.45) is 11.1. The van der Waals surface area contributed by atoms with E-state index in [0.717, 1.165) is 17.1 Å². The Hall–Kier alpha value is -2.82. The first kappa shape index (κ1) is 12.2. The zero-order valence-electron chi connectivity index (χ0n) is 11.0. The molecule has 0 saturated heterocycles. The summed E-state index contributed by atoms with van der Waals surface area (Å²) in [5, 5.41) is 4.28. The van der Waals surface area contributed by atoms with E-state index in [4.69, 9.17) is 4.74 Å². The lowest BCUT2D eigenvalue weighted by molar-refractivity contribution is 0.415. The molecule has 0 aliphatic carbocycles. The molecule has 0 N–H and O–H groups in total. The third-order valence-electron chi connectivity index (χ3n) is 2.92. The number of nitrogens with zero attached hydrogens (tertiary/aromatic N) is 4. The summed E-state index contributed by atoms with van der Waals surface area (Å²) in [4.78, 5) is 4.08. The van der Waals surface area contributed by atoms with E-state index in [0.29, 0.717) is 0 Å². The van der Waals surface area contributed by atoms with Crippen molar-refractivity contribution in [1.82, 2.24) is 19.3 Å². The second kappa shape index (κ2) is 5.44. The summed E-state index contributed by atoms with van der Waals surface area (Å²) >= 11 is 0. The van der Waals surface area contributed by atoms with E-state index in [2.05, 4.69) is 10.1 Å². The summed E-state index contributed by atoms with van der Waals surface area (Å²) in [5.74, 6) is 1.74. The summed E-state index contributed by atoms with van der Waals surface area (Å²) in [5.41, 5.74) is 1.06. The number of ether oxygens (including phenoxy) is 1. The van der Waals surface area contributed by atoms with Gasteiger partial charge in [0, 0.05) is 24.8 Å². The van der Waals surface area contributed by atoms with E-state index in [1.165, 1.54) is 0 Å². The minimum Gasteiger partial charge on any atom is -0.497 e. The molecule has 3 rings (SSSR count). The normalized spacial score (nSPS) is 11.6. The fourth-order valence-corrected chi connectivity index (χ4v) is 1.91. The van der Waals surface area contributed by atoms with E-state index in [1.807, 2.05) is 53.4 Å². The lowest BCUT2D eigenvalue weighted by Gasteiger charge is -2.09. The second-order valence-corrected chi connectivity index (χ2v) is 4.20. The maximum atomic E-state index is 5.17. The highest BCUT2D eigenvalue weighted by Gasteiger charge is 2.03. The topological polar surface area (TPSA) is 44.9 Å². The van der Waals surface area contributed by atoms with Crippen LogP contribution in [0.25, 0.3) is 6.08 Å². The van der Waals surface area contributed by atoms with Crippen LogP contribution in [0.2, 0.25) is 0 Å². The third-order valence-corrected chi connectivity index (χ3v) is 2.92. The minimum atomic E-state index is 0.838. The number of hydrogen-bond donors (Lipinski definition) is 0. The molecule has 0 radical (unpaired) electrons. The van der Waals surface area contributed by atoms with Crippen LogP contribution in [0.5, 0.6) is 5.75 Å². The molecule has 0 fully saturated rings. The molecule has 0 aliphatic rings. The summed E-state index contributed by atoms with van der Waals surface area (Å²) < 4.78 is 8.88. The molecule has 0 atom stereocenters. The fourth-order valence-electron chi connectivity index (χ4n) is 1.91. The van der Waals surface area contributed by atoms with Gasteiger partial charge in [-0.1, -0.05) is 12.1 Å². The molecule has 1 aromatic carbocycles. The van der Waals surface area contributed by atoms with Crippen molar-refractivity contribution in [2.45, 2.75) is 0 Å². The van der Waals surface area contributed by atoms with Crippen LogP contribution in [0.1, 0.15) is 5.56 Å². The summed E-state index contributed by atoms with van der Waals surface area (Å²) in [7, 11) is 1.66. The first-order chi connectivity index (χ1) is 9.86. The minimum absolute atomic E-state index is 0.838. The smallest absolute Gasteiger partial charge is 0.139 e. The summed E-state index contributed by atoms with van der Waals surface area (Å²) in [6.45, 7) is 0. The van der Waals surface area contributed by atoms with Gasteiger partial charge < -0.3 is 4.74 Å². The average Bonchev–Trinajstić information content (AvgIpc) is 3.19. The molecular weight excluding hydrogens is 252 g/mol. The monoisotopic (exact) mass is 266 g/mol. The van der Waals surface area contributed by atoms with Crippen molar-refractivity contribution in [2.24, 2.45) is 0 Å². The summed E-state index contributed by atoms with van der Waals surface area (Å²) in [6, 6.07) is 9.75. The Morgan fingerprint density at radius 1 is 1.15 bits per heavy atom. The van der Waals surface area contributed by atoms with Gasteiger partial charge in [0.25, 0.3) is 0 Å². The molecule has 5 nitrogen and oxygen atoms in total. The Bertz CT molecular complexity index is 646. The van der Waals surface area contributed by atoms with Gasteiger partial charge in [-0.05, 0) is 29.8 Å². The first-order valence-electron chi connectivity index (χ1n) is 6.21. The molecule has 100 valence electrons. The van der Waals surface area contributed by atoms with Gasteiger partial charge in [-0.15, -0.1) is 0 Å². The van der Waals surface area contributed by atoms with Crippen LogP contribution in [0.15, 0.2) is 61.4 Å². The van der Waals surface area contributed by atoms with Crippen molar-refractivity contribution < 1.29 is 4.74 Å². The van der Waals surface area contributed by atoms with E-state index >= 15 is 0 Å².